The maximum atomic E-state index is 12.6. The highest BCUT2D eigenvalue weighted by Gasteiger charge is 2.52. The lowest BCUT2D eigenvalue weighted by atomic mass is 9.86. The van der Waals surface area contributed by atoms with E-state index in [4.69, 9.17) is 0 Å². The van der Waals surface area contributed by atoms with Crippen molar-refractivity contribution in [1.29, 1.82) is 0 Å². The van der Waals surface area contributed by atoms with E-state index in [1.54, 1.807) is 23.1 Å². The van der Waals surface area contributed by atoms with Crippen molar-refractivity contribution in [3.8, 4) is 0 Å². The number of nitrogens with zero attached hydrogens (tertiary/aromatic N) is 1. The van der Waals surface area contributed by atoms with Crippen LogP contribution in [0.4, 0.5) is 0 Å². The zero-order chi connectivity index (χ0) is 18.9. The predicted molar refractivity (Wildman–Crippen MR) is 117 cm³/mol. The van der Waals surface area contributed by atoms with Gasteiger partial charge in [-0.25, -0.2) is 0 Å². The summed E-state index contributed by atoms with van der Waals surface area (Å²) in [7, 11) is 0. The molecule has 0 aliphatic carbocycles. The molecule has 2 aliphatic rings. The number of carbonyl (C=O) groups excluding carboxylic acids is 1. The molecule has 2 fully saturated rings. The summed E-state index contributed by atoms with van der Waals surface area (Å²) in [5, 5.41) is 9.09. The first kappa shape index (κ1) is 19.2. The first-order chi connectivity index (χ1) is 13.1. The molecule has 1 aromatic carbocycles. The van der Waals surface area contributed by atoms with Crippen molar-refractivity contribution in [2.45, 2.75) is 11.0 Å². The summed E-state index contributed by atoms with van der Waals surface area (Å²) < 4.78 is 1.11. The van der Waals surface area contributed by atoms with E-state index in [2.05, 4.69) is 49.5 Å². The van der Waals surface area contributed by atoms with E-state index in [0.717, 1.165) is 29.9 Å². The van der Waals surface area contributed by atoms with Crippen LogP contribution in [-0.4, -0.2) is 41.7 Å². The van der Waals surface area contributed by atoms with Crippen LogP contribution in [0.1, 0.15) is 15.2 Å². The van der Waals surface area contributed by atoms with Crippen molar-refractivity contribution in [1.82, 2.24) is 15.5 Å². The van der Waals surface area contributed by atoms with Crippen molar-refractivity contribution in [2.75, 3.05) is 25.4 Å². The van der Waals surface area contributed by atoms with Gasteiger partial charge in [0, 0.05) is 51.6 Å². The molecule has 0 radical (unpaired) electrons. The van der Waals surface area contributed by atoms with Crippen molar-refractivity contribution in [3.63, 3.8) is 0 Å². The van der Waals surface area contributed by atoms with Gasteiger partial charge < -0.3 is 5.32 Å². The van der Waals surface area contributed by atoms with Crippen LogP contribution in [0.3, 0.4) is 0 Å². The lowest BCUT2D eigenvalue weighted by molar-refractivity contribution is 0.0933. The maximum Gasteiger partial charge on any atom is 0.253 e. The molecule has 2 aromatic rings. The van der Waals surface area contributed by atoms with Gasteiger partial charge in [0.2, 0.25) is 0 Å². The minimum Gasteiger partial charge on any atom is -0.328 e. The molecule has 0 spiro atoms. The first-order valence-corrected chi connectivity index (χ1v) is 11.7. The molecule has 1 aromatic heterocycles. The van der Waals surface area contributed by atoms with Gasteiger partial charge in [-0.3, -0.25) is 15.0 Å². The molecule has 2 saturated heterocycles. The van der Waals surface area contributed by atoms with Gasteiger partial charge >= 0.3 is 0 Å². The quantitative estimate of drug-likeness (QED) is 0.660. The SMILES string of the molecule is C=CCN1CC2CSC(NC(=O)c3ccccc3)NC2(c2cc(Br)cs2)C1. The number of rotatable bonds is 5. The molecule has 0 saturated carbocycles. The predicted octanol–water partition coefficient (Wildman–Crippen LogP) is 3.87. The number of hydrogen-bond donors (Lipinski definition) is 2. The second-order valence-corrected chi connectivity index (χ2v) is 9.94. The molecule has 4 nitrogen and oxygen atoms in total. The molecule has 4 rings (SSSR count). The number of carbonyl (C=O) groups is 1. The number of halogens is 1. The van der Waals surface area contributed by atoms with Crippen molar-refractivity contribution in [2.24, 2.45) is 5.92 Å². The third kappa shape index (κ3) is 3.89. The number of fused-ring (bicyclic) bond motifs is 1. The standard InChI is InChI=1S/C20H22BrN3OS2/c1-2-8-24-10-15-11-27-19(22-18(25)14-6-4-3-5-7-14)23-20(15,13-24)17-9-16(21)12-26-17/h2-7,9,12,15,19,23H,1,8,10-11,13H2,(H,22,25). The highest BCUT2D eigenvalue weighted by Crippen LogP contribution is 2.45. The van der Waals surface area contributed by atoms with E-state index >= 15 is 0 Å². The van der Waals surface area contributed by atoms with Crippen LogP contribution >= 0.6 is 39.0 Å². The van der Waals surface area contributed by atoms with Crippen LogP contribution in [0, 0.1) is 5.92 Å². The van der Waals surface area contributed by atoms with Gasteiger partial charge in [0.25, 0.3) is 5.91 Å². The Bertz CT molecular complexity index is 828. The molecule has 3 unspecified atom stereocenters. The molecule has 27 heavy (non-hydrogen) atoms. The minimum absolute atomic E-state index is 0.0393. The summed E-state index contributed by atoms with van der Waals surface area (Å²) in [5.74, 6) is 1.47. The van der Waals surface area contributed by atoms with E-state index < -0.39 is 0 Å². The third-order valence-corrected chi connectivity index (χ3v) is 8.23. The fourth-order valence-electron chi connectivity index (χ4n) is 3.95. The van der Waals surface area contributed by atoms with E-state index in [1.807, 2.05) is 36.4 Å². The Kier molecular flexibility index (Phi) is 5.75. The highest BCUT2D eigenvalue weighted by molar-refractivity contribution is 9.10. The van der Waals surface area contributed by atoms with Crippen LogP contribution in [0.15, 0.2) is 58.9 Å². The molecule has 3 heterocycles. The van der Waals surface area contributed by atoms with Crippen LogP contribution in [0.2, 0.25) is 0 Å². The number of benzene rings is 1. The summed E-state index contributed by atoms with van der Waals surface area (Å²) in [4.78, 5) is 16.4. The maximum absolute atomic E-state index is 12.6. The van der Waals surface area contributed by atoms with Crippen LogP contribution in [-0.2, 0) is 5.54 Å². The number of nitrogens with one attached hydrogen (secondary N) is 2. The molecule has 0 bridgehead atoms. The average molecular weight is 464 g/mol. The monoisotopic (exact) mass is 463 g/mol. The third-order valence-electron chi connectivity index (χ3n) is 5.19. The number of thiophene rings is 1. The highest BCUT2D eigenvalue weighted by atomic mass is 79.9. The van der Waals surface area contributed by atoms with Gasteiger partial charge in [0.05, 0.1) is 5.54 Å². The molecule has 142 valence electrons. The van der Waals surface area contributed by atoms with E-state index in [0.29, 0.717) is 11.5 Å². The molecule has 3 atom stereocenters. The summed E-state index contributed by atoms with van der Waals surface area (Å²) >= 11 is 7.16. The largest absolute Gasteiger partial charge is 0.328 e. The van der Waals surface area contributed by atoms with Gasteiger partial charge in [-0.05, 0) is 34.1 Å². The zero-order valence-corrected chi connectivity index (χ0v) is 18.1. The smallest absolute Gasteiger partial charge is 0.253 e. The Morgan fingerprint density at radius 3 is 2.96 bits per heavy atom. The number of thioether (sulfide) groups is 1. The first-order valence-electron chi connectivity index (χ1n) is 8.94. The Balaban J connectivity index is 1.56. The van der Waals surface area contributed by atoms with Gasteiger partial charge in [-0.15, -0.1) is 29.7 Å². The lowest BCUT2D eigenvalue weighted by Crippen LogP contribution is -2.60. The normalized spacial score (nSPS) is 27.9. The Labute approximate surface area is 176 Å². The Morgan fingerprint density at radius 1 is 1.44 bits per heavy atom. The number of amides is 1. The lowest BCUT2D eigenvalue weighted by Gasteiger charge is -2.43. The summed E-state index contributed by atoms with van der Waals surface area (Å²) in [6.07, 6.45) is 1.97. The second-order valence-electron chi connectivity index (χ2n) is 6.98. The van der Waals surface area contributed by atoms with Gasteiger partial charge in [-0.2, -0.15) is 0 Å². The topological polar surface area (TPSA) is 44.4 Å². The molecular formula is C20H22BrN3OS2. The average Bonchev–Trinajstić information content (AvgIpc) is 3.26. The Hall–Kier alpha value is -1.12. The van der Waals surface area contributed by atoms with Gasteiger partial charge in [-0.1, -0.05) is 24.3 Å². The van der Waals surface area contributed by atoms with Crippen molar-refractivity contribution in [3.05, 3.63) is 69.3 Å². The van der Waals surface area contributed by atoms with Crippen LogP contribution < -0.4 is 10.6 Å². The van der Waals surface area contributed by atoms with Crippen LogP contribution in [0.25, 0.3) is 0 Å². The van der Waals surface area contributed by atoms with E-state index in [1.165, 1.54) is 4.88 Å². The molecule has 2 N–H and O–H groups in total. The van der Waals surface area contributed by atoms with Gasteiger partial charge in [0.15, 0.2) is 0 Å². The fourth-order valence-corrected chi connectivity index (χ4v) is 6.91. The summed E-state index contributed by atoms with van der Waals surface area (Å²) in [6, 6.07) is 11.6. The second kappa shape index (κ2) is 8.09. The summed E-state index contributed by atoms with van der Waals surface area (Å²) in [6.45, 7) is 6.75. The van der Waals surface area contributed by atoms with Crippen molar-refractivity contribution < 1.29 is 4.79 Å². The zero-order valence-electron chi connectivity index (χ0n) is 14.9. The van der Waals surface area contributed by atoms with Crippen molar-refractivity contribution >= 4 is 44.9 Å². The molecule has 1 amide bonds. The Morgan fingerprint density at radius 2 is 2.26 bits per heavy atom. The molecule has 2 aliphatic heterocycles. The molecule has 7 heteroatoms. The van der Waals surface area contributed by atoms with E-state index in [9.17, 15) is 4.79 Å². The number of hydrogen-bond acceptors (Lipinski definition) is 5. The molecular weight excluding hydrogens is 442 g/mol. The fraction of sp³-hybridized carbons (Fsp3) is 0.350. The van der Waals surface area contributed by atoms with E-state index in [-0.39, 0.29) is 16.9 Å². The van der Waals surface area contributed by atoms with Gasteiger partial charge in [0.1, 0.15) is 5.50 Å². The summed E-state index contributed by atoms with van der Waals surface area (Å²) in [5.41, 5.74) is 0.438. The minimum atomic E-state index is -0.139. The van der Waals surface area contributed by atoms with Crippen LogP contribution in [0.5, 0.6) is 0 Å². The number of likely N-dealkylation sites (tertiary alicyclic amines) is 1.